The van der Waals surface area contributed by atoms with Crippen LogP contribution in [0.15, 0.2) is 79.0 Å². The molecule has 5 nitrogen and oxygen atoms in total. The fourth-order valence-corrected chi connectivity index (χ4v) is 2.97. The standard InChI is InChI=1S/C20H16N.ClHO4/c1-15-13-19(17-8-3-2-4-9-17)21-12-11-16-7-5-6-10-18(16)20(21)14-15;2-1(3,4)5/h2-14H,1H3;(H,2,3,4,5)/q+1;/p-1. The van der Waals surface area contributed by atoms with Gasteiger partial charge in [0.05, 0.1) is 5.39 Å². The topological polar surface area (TPSA) is 96.3 Å². The molecule has 0 bridgehead atoms. The van der Waals surface area contributed by atoms with Crippen LogP contribution in [-0.4, -0.2) is 0 Å². The van der Waals surface area contributed by atoms with Crippen LogP contribution >= 0.6 is 0 Å². The molecule has 4 aromatic rings. The van der Waals surface area contributed by atoms with Gasteiger partial charge in [0.15, 0.2) is 6.20 Å². The number of pyridine rings is 2. The molecule has 0 aliphatic carbocycles. The van der Waals surface area contributed by atoms with Crippen LogP contribution in [0.25, 0.3) is 27.5 Å². The molecule has 6 heteroatoms. The first-order valence-corrected chi connectivity index (χ1v) is 9.07. The molecule has 0 aliphatic heterocycles. The molecule has 0 radical (unpaired) electrons. The number of nitrogens with zero attached hydrogens (tertiary/aromatic N) is 1. The van der Waals surface area contributed by atoms with Crippen molar-refractivity contribution in [2.24, 2.45) is 0 Å². The lowest BCUT2D eigenvalue weighted by molar-refractivity contribution is -2.00. The molecule has 0 unspecified atom stereocenters. The lowest BCUT2D eigenvalue weighted by atomic mass is 10.1. The Hall–Kier alpha value is -2.54. The predicted molar refractivity (Wildman–Crippen MR) is 87.3 cm³/mol. The Labute approximate surface area is 152 Å². The van der Waals surface area contributed by atoms with Crippen molar-refractivity contribution in [3.05, 3.63) is 84.6 Å². The van der Waals surface area contributed by atoms with Gasteiger partial charge in [0.2, 0.25) is 11.2 Å². The molecule has 132 valence electrons. The molecule has 0 spiro atoms. The van der Waals surface area contributed by atoms with Gasteiger partial charge in [-0.15, -0.1) is 10.2 Å². The van der Waals surface area contributed by atoms with Crippen LogP contribution in [-0.2, 0) is 0 Å². The number of aryl methyl sites for hydroxylation is 1. The summed E-state index contributed by atoms with van der Waals surface area (Å²) in [5.41, 5.74) is 5.01. The Morgan fingerprint density at radius 3 is 2.08 bits per heavy atom. The van der Waals surface area contributed by atoms with Gasteiger partial charge in [0, 0.05) is 23.8 Å². The molecule has 26 heavy (non-hydrogen) atoms. The molecule has 0 aliphatic rings. The van der Waals surface area contributed by atoms with E-state index in [0.29, 0.717) is 0 Å². The zero-order valence-corrected chi connectivity index (χ0v) is 14.7. The first kappa shape index (κ1) is 18.3. The van der Waals surface area contributed by atoms with Gasteiger partial charge in [-0.2, -0.15) is 4.40 Å². The van der Waals surface area contributed by atoms with Gasteiger partial charge in [-0.25, -0.2) is 18.6 Å². The second kappa shape index (κ2) is 7.37. The number of rotatable bonds is 1. The lowest BCUT2D eigenvalue weighted by Gasteiger charge is -2.17. The summed E-state index contributed by atoms with van der Waals surface area (Å²) in [6, 6.07) is 25.8. The maximum atomic E-state index is 8.49. The summed E-state index contributed by atoms with van der Waals surface area (Å²) in [5.74, 6) is 0. The van der Waals surface area contributed by atoms with Crippen molar-refractivity contribution in [1.82, 2.24) is 0 Å². The normalized spacial score (nSPS) is 11.3. The Bertz CT molecular complexity index is 1040. The van der Waals surface area contributed by atoms with Crippen molar-refractivity contribution in [2.75, 3.05) is 0 Å². The third kappa shape index (κ3) is 4.35. The SMILES string of the molecule is Cc1cc(-c2ccccc2)[n+]2ccc3ccccc3c2c1.[O-][Cl+3]([O-])([O-])[O-]. The molecule has 0 saturated carbocycles. The van der Waals surface area contributed by atoms with Crippen LogP contribution in [0.1, 0.15) is 5.56 Å². The minimum absolute atomic E-state index is 1.23. The fraction of sp³-hybridized carbons (Fsp3) is 0.0500. The third-order valence-corrected chi connectivity index (χ3v) is 3.96. The van der Waals surface area contributed by atoms with E-state index in [2.05, 4.69) is 90.3 Å². The summed E-state index contributed by atoms with van der Waals surface area (Å²) < 4.78 is 36.3. The van der Waals surface area contributed by atoms with Crippen molar-refractivity contribution in [3.63, 3.8) is 0 Å². The van der Waals surface area contributed by atoms with E-state index in [9.17, 15) is 0 Å². The van der Waals surface area contributed by atoms with E-state index in [-0.39, 0.29) is 0 Å². The minimum atomic E-state index is -4.94. The number of hydrogen-bond donors (Lipinski definition) is 0. The smallest absolute Gasteiger partial charge is 0.219 e. The highest BCUT2D eigenvalue weighted by atomic mass is 35.7. The van der Waals surface area contributed by atoms with Crippen molar-refractivity contribution in [1.29, 1.82) is 0 Å². The quantitative estimate of drug-likeness (QED) is 0.343. The van der Waals surface area contributed by atoms with Gasteiger partial charge in [0.25, 0.3) is 0 Å². The van der Waals surface area contributed by atoms with Gasteiger partial charge >= 0.3 is 0 Å². The van der Waals surface area contributed by atoms with Crippen LogP contribution in [0.3, 0.4) is 0 Å². The Balaban J connectivity index is 0.000000349. The zero-order chi connectivity index (χ0) is 18.7. The molecule has 0 saturated heterocycles. The summed E-state index contributed by atoms with van der Waals surface area (Å²) in [5, 5.41) is 2.57. The number of fused-ring (bicyclic) bond motifs is 3. The van der Waals surface area contributed by atoms with Crippen molar-refractivity contribution in [3.8, 4) is 11.3 Å². The second-order valence-corrected chi connectivity index (χ2v) is 6.58. The molecule has 0 N–H and O–H groups in total. The summed E-state index contributed by atoms with van der Waals surface area (Å²) in [6.45, 7) is 2.16. The van der Waals surface area contributed by atoms with Gasteiger partial charge in [-0.05, 0) is 36.1 Å². The Morgan fingerprint density at radius 2 is 1.38 bits per heavy atom. The van der Waals surface area contributed by atoms with E-state index in [1.165, 1.54) is 33.1 Å². The molecule has 0 amide bonds. The van der Waals surface area contributed by atoms with E-state index < -0.39 is 10.2 Å². The number of hydrogen-bond acceptors (Lipinski definition) is 4. The predicted octanol–water partition coefficient (Wildman–Crippen LogP) is -0.202. The van der Waals surface area contributed by atoms with Gasteiger partial charge < -0.3 is 0 Å². The first-order valence-electron chi connectivity index (χ1n) is 7.84. The van der Waals surface area contributed by atoms with E-state index in [1.54, 1.807) is 0 Å². The lowest BCUT2D eigenvalue weighted by Crippen LogP contribution is -2.68. The monoisotopic (exact) mass is 369 g/mol. The van der Waals surface area contributed by atoms with Crippen LogP contribution in [0.2, 0.25) is 0 Å². The molecule has 2 aromatic heterocycles. The summed E-state index contributed by atoms with van der Waals surface area (Å²) in [7, 11) is -4.94. The summed E-state index contributed by atoms with van der Waals surface area (Å²) in [6.07, 6.45) is 2.17. The van der Waals surface area contributed by atoms with Crippen LogP contribution in [0.4, 0.5) is 0 Å². The molecular weight excluding hydrogens is 354 g/mol. The fourth-order valence-electron chi connectivity index (χ4n) is 2.97. The van der Waals surface area contributed by atoms with Crippen LogP contribution in [0.5, 0.6) is 0 Å². The van der Waals surface area contributed by atoms with E-state index in [4.69, 9.17) is 18.6 Å². The third-order valence-electron chi connectivity index (χ3n) is 3.96. The van der Waals surface area contributed by atoms with Gasteiger partial charge in [-0.1, -0.05) is 36.4 Å². The largest absolute Gasteiger partial charge is 0.222 e. The Morgan fingerprint density at radius 1 is 0.769 bits per heavy atom. The molecule has 2 heterocycles. The van der Waals surface area contributed by atoms with E-state index >= 15 is 0 Å². The molecule has 0 fully saturated rings. The zero-order valence-electron chi connectivity index (χ0n) is 14.0. The van der Waals surface area contributed by atoms with Crippen molar-refractivity contribution in [2.45, 2.75) is 6.92 Å². The number of aromatic nitrogens is 1. The maximum Gasteiger partial charge on any atom is 0.219 e. The van der Waals surface area contributed by atoms with Crippen LogP contribution < -0.4 is 23.0 Å². The molecule has 4 rings (SSSR count). The number of halogens is 1. The molecular formula is C20H16ClNO4. The molecule has 2 aromatic carbocycles. The van der Waals surface area contributed by atoms with E-state index in [1.807, 2.05) is 0 Å². The summed E-state index contributed by atoms with van der Waals surface area (Å²) >= 11 is 0. The average Bonchev–Trinajstić information content (AvgIpc) is 2.60. The highest BCUT2D eigenvalue weighted by molar-refractivity contribution is 5.93. The molecule has 0 atom stereocenters. The highest BCUT2D eigenvalue weighted by Crippen LogP contribution is 2.22. The average molecular weight is 370 g/mol. The Kier molecular flexibility index (Phi) is 5.18. The van der Waals surface area contributed by atoms with E-state index in [0.717, 1.165) is 0 Å². The maximum absolute atomic E-state index is 8.49. The van der Waals surface area contributed by atoms with Gasteiger partial charge in [-0.3, -0.25) is 0 Å². The van der Waals surface area contributed by atoms with Gasteiger partial charge in [0.1, 0.15) is 0 Å². The minimum Gasteiger partial charge on any atom is -0.222 e. The highest BCUT2D eigenvalue weighted by Gasteiger charge is 2.15. The van der Waals surface area contributed by atoms with Crippen LogP contribution in [0, 0.1) is 17.2 Å². The first-order chi connectivity index (χ1) is 12.3. The number of benzene rings is 2. The second-order valence-electron chi connectivity index (χ2n) is 5.82. The van der Waals surface area contributed by atoms with Crippen molar-refractivity contribution >= 4 is 16.3 Å². The summed E-state index contributed by atoms with van der Waals surface area (Å²) in [4.78, 5) is 0. The van der Waals surface area contributed by atoms with Crippen molar-refractivity contribution < 1.29 is 33.3 Å².